The fourth-order valence-electron chi connectivity index (χ4n) is 1.87. The maximum absolute atomic E-state index is 9.97. The van der Waals surface area contributed by atoms with Crippen LogP contribution in [0.3, 0.4) is 0 Å². The Morgan fingerprint density at radius 1 is 1.00 bits per heavy atom. The van der Waals surface area contributed by atoms with Crippen LogP contribution in [-0.2, 0) is 0 Å². The van der Waals surface area contributed by atoms with Crippen LogP contribution in [0.25, 0.3) is 20.2 Å². The molecule has 1 nitrogen and oxygen atoms in total. The van der Waals surface area contributed by atoms with E-state index < -0.39 is 0 Å². The van der Waals surface area contributed by atoms with E-state index in [0.717, 1.165) is 15.6 Å². The number of aryl methyl sites for hydroxylation is 1. The van der Waals surface area contributed by atoms with Gasteiger partial charge in [0.1, 0.15) is 5.75 Å². The van der Waals surface area contributed by atoms with E-state index >= 15 is 0 Å². The predicted molar refractivity (Wildman–Crippen MR) is 65.7 cm³/mol. The van der Waals surface area contributed by atoms with Crippen LogP contribution in [0.15, 0.2) is 36.4 Å². The molecule has 0 aliphatic carbocycles. The highest BCUT2D eigenvalue weighted by Crippen LogP contribution is 2.39. The van der Waals surface area contributed by atoms with Crippen molar-refractivity contribution in [3.63, 3.8) is 0 Å². The van der Waals surface area contributed by atoms with Crippen LogP contribution in [0.1, 0.15) is 5.56 Å². The summed E-state index contributed by atoms with van der Waals surface area (Å²) in [5, 5.41) is 12.4. The van der Waals surface area contributed by atoms with Crippen LogP contribution in [0.4, 0.5) is 0 Å². The Kier molecular flexibility index (Phi) is 1.73. The van der Waals surface area contributed by atoms with Crippen LogP contribution in [0.5, 0.6) is 5.75 Å². The second kappa shape index (κ2) is 2.97. The first-order valence-electron chi connectivity index (χ1n) is 4.87. The summed E-state index contributed by atoms with van der Waals surface area (Å²) >= 11 is 1.65. The van der Waals surface area contributed by atoms with Crippen LogP contribution >= 0.6 is 11.3 Å². The van der Waals surface area contributed by atoms with E-state index in [1.165, 1.54) is 10.1 Å². The normalized spacial score (nSPS) is 11.3. The molecule has 2 aromatic carbocycles. The zero-order valence-electron chi connectivity index (χ0n) is 8.32. The topological polar surface area (TPSA) is 20.2 Å². The molecule has 1 aromatic heterocycles. The first kappa shape index (κ1) is 8.74. The number of fused-ring (bicyclic) bond motifs is 3. The van der Waals surface area contributed by atoms with Crippen molar-refractivity contribution in [2.45, 2.75) is 6.92 Å². The molecule has 0 atom stereocenters. The average molecular weight is 214 g/mol. The smallest absolute Gasteiger partial charge is 0.136 e. The molecule has 1 heterocycles. The Bertz CT molecular complexity index is 652. The van der Waals surface area contributed by atoms with Gasteiger partial charge in [-0.3, -0.25) is 0 Å². The van der Waals surface area contributed by atoms with Gasteiger partial charge in [0.15, 0.2) is 0 Å². The second-order valence-electron chi connectivity index (χ2n) is 3.71. The molecule has 2 heteroatoms. The molecule has 0 bridgehead atoms. The van der Waals surface area contributed by atoms with E-state index in [-0.39, 0.29) is 0 Å². The van der Waals surface area contributed by atoms with E-state index in [1.54, 1.807) is 11.3 Å². The minimum absolute atomic E-state index is 0.425. The minimum atomic E-state index is 0.425. The van der Waals surface area contributed by atoms with Gasteiger partial charge < -0.3 is 5.11 Å². The lowest BCUT2D eigenvalue weighted by Crippen LogP contribution is -1.73. The molecule has 0 spiro atoms. The number of benzene rings is 2. The third-order valence-electron chi connectivity index (χ3n) is 2.72. The van der Waals surface area contributed by atoms with E-state index in [9.17, 15) is 5.11 Å². The van der Waals surface area contributed by atoms with E-state index in [2.05, 4.69) is 18.2 Å². The van der Waals surface area contributed by atoms with Crippen molar-refractivity contribution < 1.29 is 5.11 Å². The number of phenolic OH excluding ortho intramolecular Hbond substituents is 1. The summed E-state index contributed by atoms with van der Waals surface area (Å²) in [4.78, 5) is 0. The Hall–Kier alpha value is -1.54. The lowest BCUT2D eigenvalue weighted by atomic mass is 10.1. The summed E-state index contributed by atoms with van der Waals surface area (Å²) in [6.07, 6.45) is 0. The van der Waals surface area contributed by atoms with Gasteiger partial charge in [-0.2, -0.15) is 0 Å². The summed E-state index contributed by atoms with van der Waals surface area (Å²) in [6.45, 7) is 1.93. The van der Waals surface area contributed by atoms with Gasteiger partial charge in [0.05, 0.1) is 4.70 Å². The molecule has 0 unspecified atom stereocenters. The third kappa shape index (κ3) is 1.15. The summed E-state index contributed by atoms with van der Waals surface area (Å²) in [5.74, 6) is 0.425. The molecule has 3 rings (SSSR count). The highest BCUT2D eigenvalue weighted by molar-refractivity contribution is 7.26. The fourth-order valence-corrected chi connectivity index (χ4v) is 3.07. The molecule has 0 fully saturated rings. The Morgan fingerprint density at radius 2 is 1.80 bits per heavy atom. The van der Waals surface area contributed by atoms with Crippen LogP contribution in [-0.4, -0.2) is 5.11 Å². The van der Waals surface area contributed by atoms with Crippen molar-refractivity contribution in [2.75, 3.05) is 0 Å². The van der Waals surface area contributed by atoms with Gasteiger partial charge in [0.2, 0.25) is 0 Å². The molecule has 0 radical (unpaired) electrons. The first-order chi connectivity index (χ1) is 7.27. The third-order valence-corrected chi connectivity index (χ3v) is 3.92. The van der Waals surface area contributed by atoms with Crippen molar-refractivity contribution in [1.82, 2.24) is 0 Å². The highest BCUT2D eigenvalue weighted by atomic mass is 32.1. The molecule has 0 saturated heterocycles. The maximum Gasteiger partial charge on any atom is 0.136 e. The fraction of sp³-hybridized carbons (Fsp3) is 0.0769. The van der Waals surface area contributed by atoms with Crippen molar-refractivity contribution in [3.05, 3.63) is 42.0 Å². The molecule has 15 heavy (non-hydrogen) atoms. The highest BCUT2D eigenvalue weighted by Gasteiger charge is 2.09. The Labute approximate surface area is 91.6 Å². The zero-order chi connectivity index (χ0) is 10.4. The van der Waals surface area contributed by atoms with E-state index in [1.807, 2.05) is 25.1 Å². The van der Waals surface area contributed by atoms with Crippen LogP contribution < -0.4 is 0 Å². The van der Waals surface area contributed by atoms with Crippen molar-refractivity contribution in [3.8, 4) is 5.75 Å². The van der Waals surface area contributed by atoms with E-state index in [0.29, 0.717) is 5.75 Å². The lowest BCUT2D eigenvalue weighted by molar-refractivity contribution is 0.478. The number of thiophene rings is 1. The SMILES string of the molecule is Cc1ccc2c(sc3ccccc32)c1O. The monoisotopic (exact) mass is 214 g/mol. The molecule has 1 N–H and O–H groups in total. The largest absolute Gasteiger partial charge is 0.506 e. The molecular weight excluding hydrogens is 204 g/mol. The van der Waals surface area contributed by atoms with Crippen molar-refractivity contribution in [1.29, 1.82) is 0 Å². The molecule has 74 valence electrons. The van der Waals surface area contributed by atoms with Gasteiger partial charge in [-0.15, -0.1) is 11.3 Å². The molecule has 0 amide bonds. The second-order valence-corrected chi connectivity index (χ2v) is 4.76. The average Bonchev–Trinajstić information content (AvgIpc) is 2.63. The molecule has 3 aromatic rings. The standard InChI is InChI=1S/C13H10OS/c1-8-6-7-10-9-4-2-3-5-11(9)15-13(10)12(8)14/h2-7,14H,1H3. The molecule has 0 aliphatic heterocycles. The predicted octanol–water partition coefficient (Wildman–Crippen LogP) is 4.07. The molecule has 0 aliphatic rings. The molecule has 0 saturated carbocycles. The van der Waals surface area contributed by atoms with Gasteiger partial charge in [-0.25, -0.2) is 0 Å². The van der Waals surface area contributed by atoms with Gasteiger partial charge in [0.25, 0.3) is 0 Å². The van der Waals surface area contributed by atoms with Gasteiger partial charge >= 0.3 is 0 Å². The number of hydrogen-bond donors (Lipinski definition) is 1. The van der Waals surface area contributed by atoms with Crippen LogP contribution in [0, 0.1) is 6.92 Å². The number of rotatable bonds is 0. The van der Waals surface area contributed by atoms with E-state index in [4.69, 9.17) is 0 Å². The van der Waals surface area contributed by atoms with Gasteiger partial charge in [-0.1, -0.05) is 30.3 Å². The number of hydrogen-bond acceptors (Lipinski definition) is 2. The number of aromatic hydroxyl groups is 1. The van der Waals surface area contributed by atoms with Gasteiger partial charge in [-0.05, 0) is 18.6 Å². The molecular formula is C13H10OS. The Balaban J connectivity index is 2.60. The van der Waals surface area contributed by atoms with Gasteiger partial charge in [0, 0.05) is 15.5 Å². The zero-order valence-corrected chi connectivity index (χ0v) is 9.14. The summed E-state index contributed by atoms with van der Waals surface area (Å²) in [5.41, 5.74) is 0.939. The summed E-state index contributed by atoms with van der Waals surface area (Å²) < 4.78 is 2.23. The summed E-state index contributed by atoms with van der Waals surface area (Å²) in [6, 6.07) is 12.3. The lowest BCUT2D eigenvalue weighted by Gasteiger charge is -1.98. The quantitative estimate of drug-likeness (QED) is 0.598. The maximum atomic E-state index is 9.97. The number of phenols is 1. The first-order valence-corrected chi connectivity index (χ1v) is 5.69. The Morgan fingerprint density at radius 3 is 2.67 bits per heavy atom. The minimum Gasteiger partial charge on any atom is -0.506 e. The van der Waals surface area contributed by atoms with Crippen molar-refractivity contribution >= 4 is 31.5 Å². The van der Waals surface area contributed by atoms with Crippen LogP contribution in [0.2, 0.25) is 0 Å². The van der Waals surface area contributed by atoms with Crippen molar-refractivity contribution in [2.24, 2.45) is 0 Å². The summed E-state index contributed by atoms with van der Waals surface area (Å²) in [7, 11) is 0.